The molecule has 2 aliphatic carbocycles. The second kappa shape index (κ2) is 15.6. The molecule has 3 rings (SSSR count). The molecule has 0 unspecified atom stereocenters. The Hall–Kier alpha value is -3.30. The van der Waals surface area contributed by atoms with Crippen LogP contribution in [0.5, 0.6) is 0 Å². The fourth-order valence-corrected chi connectivity index (χ4v) is 4.83. The van der Waals surface area contributed by atoms with E-state index in [9.17, 15) is 19.2 Å². The van der Waals surface area contributed by atoms with Crippen molar-refractivity contribution in [2.75, 3.05) is 13.1 Å². The maximum Gasteiger partial charge on any atom is 0.411 e. The second-order valence-electron chi connectivity index (χ2n) is 12.6. The molecule has 0 aromatic heterocycles. The Morgan fingerprint density at radius 2 is 1.15 bits per heavy atom. The summed E-state index contributed by atoms with van der Waals surface area (Å²) in [5.41, 5.74) is -0.246. The number of benzene rings is 1. The molecule has 0 heterocycles. The first-order valence-electron chi connectivity index (χ1n) is 14.5. The Morgan fingerprint density at radius 3 is 1.54 bits per heavy atom. The quantitative estimate of drug-likeness (QED) is 0.288. The minimum Gasteiger partial charge on any atom is -0.480 e. The van der Waals surface area contributed by atoms with Gasteiger partial charge in [-0.1, -0.05) is 56.0 Å². The minimum absolute atomic E-state index is 0.0148. The summed E-state index contributed by atoms with van der Waals surface area (Å²) in [6.45, 7) is 10.7. The number of ether oxygens (including phenoxy) is 3. The molecule has 10 heteroatoms. The molecule has 2 fully saturated rings. The lowest BCUT2D eigenvalue weighted by Crippen LogP contribution is -2.45. The highest BCUT2D eigenvalue weighted by molar-refractivity contribution is 5.78. The maximum absolute atomic E-state index is 12.5. The van der Waals surface area contributed by atoms with E-state index in [4.69, 9.17) is 19.3 Å². The number of hydrogen-bond acceptors (Lipinski definition) is 7. The van der Waals surface area contributed by atoms with Crippen molar-refractivity contribution < 1.29 is 38.5 Å². The summed E-state index contributed by atoms with van der Waals surface area (Å²) in [4.78, 5) is 50.2. The van der Waals surface area contributed by atoms with Crippen LogP contribution in [0.25, 0.3) is 0 Å². The van der Waals surface area contributed by atoms with Gasteiger partial charge in [-0.15, -0.1) is 0 Å². The first-order chi connectivity index (χ1) is 19.1. The van der Waals surface area contributed by atoms with Crippen LogP contribution in [0.3, 0.4) is 0 Å². The third-order valence-electron chi connectivity index (χ3n) is 6.63. The van der Waals surface area contributed by atoms with Crippen LogP contribution in [0.4, 0.5) is 9.59 Å². The molecule has 230 valence electrons. The Bertz CT molecular complexity index is 988. The van der Waals surface area contributed by atoms with E-state index >= 15 is 0 Å². The summed E-state index contributed by atoms with van der Waals surface area (Å²) in [6, 6.07) is 9.58. The number of rotatable bonds is 8. The van der Waals surface area contributed by atoms with Gasteiger partial charge in [-0.25, -0.2) is 9.59 Å². The SMILES string of the molecule is CC(C)(C)OC(=O)N(CC(=O)O)C1CCCC1.CC(C)(C)OC(=O)N(CC(=O)OCc1ccccc1)C1CCCC1. The number of carboxylic acid groups (broad SMARTS) is 1. The van der Waals surface area contributed by atoms with Gasteiger partial charge in [0.2, 0.25) is 0 Å². The number of nitrogens with zero attached hydrogens (tertiary/aromatic N) is 2. The molecule has 1 N–H and O–H groups in total. The number of carbonyl (C=O) groups is 4. The predicted octanol–water partition coefficient (Wildman–Crippen LogP) is 6.16. The summed E-state index contributed by atoms with van der Waals surface area (Å²) in [6.07, 6.45) is 6.83. The average molecular weight is 577 g/mol. The van der Waals surface area contributed by atoms with E-state index < -0.39 is 35.3 Å². The van der Waals surface area contributed by atoms with Gasteiger partial charge in [0, 0.05) is 12.1 Å². The third-order valence-corrected chi connectivity index (χ3v) is 6.63. The maximum atomic E-state index is 12.5. The van der Waals surface area contributed by atoms with Crippen molar-refractivity contribution in [3.8, 4) is 0 Å². The van der Waals surface area contributed by atoms with Crippen LogP contribution in [-0.2, 0) is 30.4 Å². The number of carbonyl (C=O) groups excluding carboxylic acids is 3. The Morgan fingerprint density at radius 1 is 0.732 bits per heavy atom. The van der Waals surface area contributed by atoms with Crippen molar-refractivity contribution in [3.05, 3.63) is 35.9 Å². The minimum atomic E-state index is -0.997. The monoisotopic (exact) mass is 576 g/mol. The van der Waals surface area contributed by atoms with Crippen molar-refractivity contribution in [2.24, 2.45) is 0 Å². The van der Waals surface area contributed by atoms with Gasteiger partial charge in [-0.05, 0) is 72.8 Å². The predicted molar refractivity (Wildman–Crippen MR) is 154 cm³/mol. The molecule has 0 atom stereocenters. The van der Waals surface area contributed by atoms with Gasteiger partial charge < -0.3 is 19.3 Å². The van der Waals surface area contributed by atoms with Crippen LogP contribution in [0, 0.1) is 0 Å². The molecule has 0 saturated heterocycles. The standard InChI is InChI=1S/C19H27NO4.C12H21NO4/c1-19(2,3)24-18(22)20(16-11-7-8-12-16)13-17(21)23-14-15-9-5-4-6-10-15;1-12(2,3)17-11(16)13(8-10(14)15)9-6-4-5-7-9/h4-6,9-10,16H,7-8,11-14H2,1-3H3;9H,4-8H2,1-3H3,(H,14,15). The van der Waals surface area contributed by atoms with E-state index in [0.29, 0.717) is 0 Å². The van der Waals surface area contributed by atoms with Crippen LogP contribution in [0.2, 0.25) is 0 Å². The van der Waals surface area contributed by atoms with E-state index in [1.54, 1.807) is 20.8 Å². The average Bonchev–Trinajstić information content (AvgIpc) is 3.58. The fraction of sp³-hybridized carbons (Fsp3) is 0.677. The number of hydrogen-bond donors (Lipinski definition) is 1. The van der Waals surface area contributed by atoms with Gasteiger partial charge in [0.1, 0.15) is 30.9 Å². The van der Waals surface area contributed by atoms with Gasteiger partial charge in [-0.2, -0.15) is 0 Å². The molecule has 0 radical (unpaired) electrons. The van der Waals surface area contributed by atoms with Crippen molar-refractivity contribution in [3.63, 3.8) is 0 Å². The van der Waals surface area contributed by atoms with E-state index in [2.05, 4.69) is 0 Å². The van der Waals surface area contributed by atoms with Crippen molar-refractivity contribution >= 4 is 24.1 Å². The van der Waals surface area contributed by atoms with Gasteiger partial charge in [0.15, 0.2) is 0 Å². The molecule has 0 bridgehead atoms. The van der Waals surface area contributed by atoms with Crippen molar-refractivity contribution in [1.82, 2.24) is 9.80 Å². The molecule has 1 aromatic rings. The highest BCUT2D eigenvalue weighted by atomic mass is 16.6. The molecule has 0 aliphatic heterocycles. The summed E-state index contributed by atoms with van der Waals surface area (Å²) >= 11 is 0. The number of amides is 2. The van der Waals surface area contributed by atoms with Crippen LogP contribution < -0.4 is 0 Å². The zero-order valence-corrected chi connectivity index (χ0v) is 25.5. The fourth-order valence-electron chi connectivity index (χ4n) is 4.83. The zero-order valence-electron chi connectivity index (χ0n) is 25.5. The molecule has 2 amide bonds. The number of esters is 1. The van der Waals surface area contributed by atoms with E-state index in [0.717, 1.165) is 56.9 Å². The molecule has 41 heavy (non-hydrogen) atoms. The smallest absolute Gasteiger partial charge is 0.411 e. The van der Waals surface area contributed by atoms with Crippen LogP contribution in [0.15, 0.2) is 30.3 Å². The molecule has 1 aromatic carbocycles. The molecule has 2 aliphatic rings. The summed E-state index contributed by atoms with van der Waals surface area (Å²) < 4.78 is 16.0. The number of carboxylic acids is 1. The van der Waals surface area contributed by atoms with E-state index in [1.165, 1.54) is 9.80 Å². The van der Waals surface area contributed by atoms with Crippen LogP contribution in [0.1, 0.15) is 98.5 Å². The number of aliphatic carboxylic acids is 1. The first kappa shape index (κ1) is 33.9. The second-order valence-corrected chi connectivity index (χ2v) is 12.6. The van der Waals surface area contributed by atoms with Gasteiger partial charge in [0.25, 0.3) is 0 Å². The van der Waals surface area contributed by atoms with Crippen LogP contribution >= 0.6 is 0 Å². The first-order valence-corrected chi connectivity index (χ1v) is 14.5. The highest BCUT2D eigenvalue weighted by Crippen LogP contribution is 2.26. The van der Waals surface area contributed by atoms with Gasteiger partial charge in [-0.3, -0.25) is 19.4 Å². The van der Waals surface area contributed by atoms with Gasteiger partial charge in [0.05, 0.1) is 0 Å². The lowest BCUT2D eigenvalue weighted by Gasteiger charge is -2.30. The normalized spacial score (nSPS) is 15.9. The summed E-state index contributed by atoms with van der Waals surface area (Å²) in [5, 5.41) is 8.84. The Labute approximate surface area is 244 Å². The molecule has 2 saturated carbocycles. The molecule has 0 spiro atoms. The lowest BCUT2D eigenvalue weighted by molar-refractivity contribution is -0.146. The highest BCUT2D eigenvalue weighted by Gasteiger charge is 2.33. The van der Waals surface area contributed by atoms with Crippen molar-refractivity contribution in [1.29, 1.82) is 0 Å². The largest absolute Gasteiger partial charge is 0.480 e. The Kier molecular flexibility index (Phi) is 12.9. The molecular weight excluding hydrogens is 528 g/mol. The molecular formula is C31H48N2O8. The zero-order chi connectivity index (χ0) is 30.6. The van der Waals surface area contributed by atoms with Gasteiger partial charge >= 0.3 is 24.1 Å². The summed E-state index contributed by atoms with van der Waals surface area (Å²) in [5.74, 6) is -1.40. The van der Waals surface area contributed by atoms with Crippen molar-refractivity contribution in [2.45, 2.75) is 123 Å². The molecule has 10 nitrogen and oxygen atoms in total. The van der Waals surface area contributed by atoms with E-state index in [1.807, 2.05) is 51.1 Å². The van der Waals surface area contributed by atoms with E-state index in [-0.39, 0.29) is 31.8 Å². The third kappa shape index (κ3) is 13.3. The topological polar surface area (TPSA) is 123 Å². The lowest BCUT2D eigenvalue weighted by atomic mass is 10.2. The summed E-state index contributed by atoms with van der Waals surface area (Å²) in [7, 11) is 0. The Balaban J connectivity index is 0.000000305. The van der Waals surface area contributed by atoms with Crippen LogP contribution in [-0.4, -0.2) is 75.4 Å².